The summed E-state index contributed by atoms with van der Waals surface area (Å²) in [6.07, 6.45) is -33.3. The van der Waals surface area contributed by atoms with Crippen LogP contribution in [0.4, 0.5) is 102 Å². The van der Waals surface area contributed by atoms with Gasteiger partial charge in [-0.2, -0.15) is 79.0 Å². The lowest BCUT2D eigenvalue weighted by atomic mass is 9.72. The summed E-state index contributed by atoms with van der Waals surface area (Å²) < 4.78 is 261. The van der Waals surface area contributed by atoms with Crippen molar-refractivity contribution in [1.82, 2.24) is 0 Å². The van der Waals surface area contributed by atoms with E-state index in [4.69, 9.17) is 32.4 Å². The minimum absolute atomic E-state index is 0.157. The average molecular weight is 1020 g/mol. The van der Waals surface area contributed by atoms with Crippen LogP contribution in [0.2, 0.25) is 0 Å². The first-order valence-corrected chi connectivity index (χ1v) is 19.5. The summed E-state index contributed by atoms with van der Waals surface area (Å²) in [4.78, 5) is 0. The Morgan fingerprint density at radius 3 is 0.857 bits per heavy atom. The molecule has 0 atom stereocenters. The maximum absolute atomic E-state index is 14.5. The summed E-state index contributed by atoms with van der Waals surface area (Å²) in [5.74, 6) is -2.68. The van der Waals surface area contributed by atoms with Crippen molar-refractivity contribution >= 4 is 22.7 Å². The summed E-state index contributed by atoms with van der Waals surface area (Å²) in [5, 5.41) is 0. The van der Waals surface area contributed by atoms with Crippen molar-refractivity contribution in [3.63, 3.8) is 0 Å². The number of benzene rings is 6. The van der Waals surface area contributed by atoms with E-state index in [9.17, 15) is 79.0 Å². The Labute approximate surface area is 384 Å². The van der Waals surface area contributed by atoms with Crippen molar-refractivity contribution in [1.29, 1.82) is 0 Å². The van der Waals surface area contributed by atoms with Crippen LogP contribution in [0.15, 0.2) is 121 Å². The van der Waals surface area contributed by atoms with E-state index in [1.54, 1.807) is 0 Å². The van der Waals surface area contributed by atoms with Gasteiger partial charge in [-0.15, -0.1) is 0 Å². The standard InChI is InChI=1S/C29H18F12N2O2.C17H16F6N2/c30-26(31,32)21-13-17(42)5-11-23(21)44-19-7-1-15(2-8-19)25(28(36,37)38,29(39,40)41)16-3-9-20(10-4-16)45-24-12-6-18(43)14-22(24)27(33,34)35;1-9-3-5-11(7-13(9)24)15(16(18,19)20,17(21,22)23)12-6-4-10(2)14(25)8-12/h1-14H,42-43H2;3-8H,24-25H2,1-2H3. The van der Waals surface area contributed by atoms with Gasteiger partial charge in [0.1, 0.15) is 34.1 Å². The van der Waals surface area contributed by atoms with Crippen LogP contribution in [0.1, 0.15) is 44.5 Å². The van der Waals surface area contributed by atoms with E-state index in [2.05, 4.69) is 0 Å². The number of aryl methyl sites for hydroxylation is 2. The fourth-order valence-corrected chi connectivity index (χ4v) is 7.23. The molecule has 0 fully saturated rings. The molecule has 0 heterocycles. The van der Waals surface area contributed by atoms with Crippen molar-refractivity contribution in [2.24, 2.45) is 0 Å². The van der Waals surface area contributed by atoms with Gasteiger partial charge in [0.05, 0.1) is 0 Å². The van der Waals surface area contributed by atoms with Gasteiger partial charge in [0, 0.05) is 22.7 Å². The zero-order chi connectivity index (χ0) is 52.8. The first-order chi connectivity index (χ1) is 32.0. The van der Waals surface area contributed by atoms with Crippen LogP contribution in [-0.4, -0.2) is 24.7 Å². The fourth-order valence-electron chi connectivity index (χ4n) is 7.23. The molecule has 6 nitrogen and oxygen atoms in total. The number of anilines is 4. The maximum Gasteiger partial charge on any atom is 0.420 e. The molecular formula is C46H34F18N4O2. The second-order valence-electron chi connectivity index (χ2n) is 15.4. The number of hydrogen-bond acceptors (Lipinski definition) is 6. The van der Waals surface area contributed by atoms with Crippen molar-refractivity contribution in [2.75, 3.05) is 22.9 Å². The van der Waals surface area contributed by atoms with E-state index in [0.29, 0.717) is 83.9 Å². The number of alkyl halides is 18. The molecule has 0 unspecified atom stereocenters. The zero-order valence-electron chi connectivity index (χ0n) is 35.5. The Hall–Kier alpha value is -7.14. The van der Waals surface area contributed by atoms with Gasteiger partial charge < -0.3 is 32.4 Å². The van der Waals surface area contributed by atoms with Crippen LogP contribution < -0.4 is 32.4 Å². The minimum Gasteiger partial charge on any atom is -0.457 e. The predicted molar refractivity (Wildman–Crippen MR) is 222 cm³/mol. The van der Waals surface area contributed by atoms with Crippen LogP contribution in [-0.2, 0) is 23.2 Å². The third-order valence-corrected chi connectivity index (χ3v) is 10.8. The molecule has 0 saturated carbocycles. The Morgan fingerprint density at radius 2 is 0.600 bits per heavy atom. The van der Waals surface area contributed by atoms with Crippen molar-refractivity contribution in [3.05, 3.63) is 166 Å². The normalized spacial score (nSPS) is 13.1. The first kappa shape index (κ1) is 53.8. The van der Waals surface area contributed by atoms with E-state index in [0.717, 1.165) is 48.5 Å². The molecule has 0 amide bonds. The predicted octanol–water partition coefficient (Wildman–Crippen LogP) is 14.8. The Morgan fingerprint density at radius 1 is 0.329 bits per heavy atom. The largest absolute Gasteiger partial charge is 0.457 e. The van der Waals surface area contributed by atoms with E-state index < -0.39 is 104 Å². The SMILES string of the molecule is Cc1ccc(C(c2ccc(C)c(N)c2)(C(F)(F)F)C(F)(F)F)cc1N.Nc1ccc(Oc2ccc(C(c3ccc(Oc4ccc(N)cc4C(F)(F)F)cc3)(C(F)(F)F)C(F)(F)F)cc2)c(C(F)(F)F)c1. The molecule has 6 aromatic carbocycles. The minimum atomic E-state index is -6.04. The lowest BCUT2D eigenvalue weighted by molar-refractivity contribution is -0.290. The van der Waals surface area contributed by atoms with Crippen LogP contribution in [0.3, 0.4) is 0 Å². The van der Waals surface area contributed by atoms with E-state index in [1.165, 1.54) is 13.8 Å². The van der Waals surface area contributed by atoms with Gasteiger partial charge in [0.25, 0.3) is 0 Å². The van der Waals surface area contributed by atoms with Gasteiger partial charge in [-0.3, -0.25) is 0 Å². The van der Waals surface area contributed by atoms with Crippen LogP contribution in [0, 0.1) is 13.8 Å². The molecule has 0 aliphatic heterocycles. The second-order valence-corrected chi connectivity index (χ2v) is 15.4. The first-order valence-electron chi connectivity index (χ1n) is 19.5. The summed E-state index contributed by atoms with van der Waals surface area (Å²) in [6, 6.07) is 14.1. The van der Waals surface area contributed by atoms with Crippen LogP contribution in [0.5, 0.6) is 23.0 Å². The molecule has 0 bridgehead atoms. The monoisotopic (exact) mass is 1020 g/mol. The maximum atomic E-state index is 14.5. The lowest BCUT2D eigenvalue weighted by Crippen LogP contribution is -2.54. The number of ether oxygens (including phenoxy) is 2. The molecule has 0 aromatic heterocycles. The van der Waals surface area contributed by atoms with Crippen molar-refractivity contribution < 1.29 is 88.5 Å². The molecule has 0 saturated heterocycles. The molecular weight excluding hydrogens is 982 g/mol. The third kappa shape index (κ3) is 10.4. The van der Waals surface area contributed by atoms with E-state index in [1.807, 2.05) is 0 Å². The molecule has 6 aromatic rings. The number of hydrogen-bond donors (Lipinski definition) is 4. The highest BCUT2D eigenvalue weighted by Gasteiger charge is 2.73. The summed E-state index contributed by atoms with van der Waals surface area (Å²) >= 11 is 0. The summed E-state index contributed by atoms with van der Waals surface area (Å²) in [5.41, 5.74) is 5.42. The molecule has 376 valence electrons. The topological polar surface area (TPSA) is 123 Å². The third-order valence-electron chi connectivity index (χ3n) is 10.8. The summed E-state index contributed by atoms with van der Waals surface area (Å²) in [7, 11) is 0. The average Bonchev–Trinajstić information content (AvgIpc) is 3.21. The lowest BCUT2D eigenvalue weighted by Gasteiger charge is -2.38. The molecule has 24 heteroatoms. The van der Waals surface area contributed by atoms with Gasteiger partial charge >= 0.3 is 37.1 Å². The molecule has 0 aliphatic rings. The molecule has 0 radical (unpaired) electrons. The zero-order valence-corrected chi connectivity index (χ0v) is 35.5. The number of nitrogens with two attached hydrogens (primary N) is 4. The van der Waals surface area contributed by atoms with Gasteiger partial charge in [-0.25, -0.2) is 0 Å². The van der Waals surface area contributed by atoms with Gasteiger partial charge in [0.2, 0.25) is 10.8 Å². The Kier molecular flexibility index (Phi) is 14.3. The van der Waals surface area contributed by atoms with Crippen LogP contribution >= 0.6 is 0 Å². The number of halogens is 18. The highest BCUT2D eigenvalue weighted by Crippen LogP contribution is 2.58. The highest BCUT2D eigenvalue weighted by atomic mass is 19.4. The van der Waals surface area contributed by atoms with Crippen molar-refractivity contribution in [3.8, 4) is 23.0 Å². The van der Waals surface area contributed by atoms with Gasteiger partial charge in [-0.1, -0.05) is 48.5 Å². The number of rotatable bonds is 8. The van der Waals surface area contributed by atoms with E-state index >= 15 is 0 Å². The molecule has 70 heavy (non-hydrogen) atoms. The molecule has 0 spiro atoms. The van der Waals surface area contributed by atoms with Gasteiger partial charge in [0.15, 0.2) is 0 Å². The summed E-state index contributed by atoms with van der Waals surface area (Å²) in [6.45, 7) is 2.98. The molecule has 6 rings (SSSR count). The quantitative estimate of drug-likeness (QED) is 0.0890. The Balaban J connectivity index is 0.000000308. The number of nitrogen functional groups attached to an aromatic ring is 4. The molecule has 0 aliphatic carbocycles. The van der Waals surface area contributed by atoms with E-state index in [-0.39, 0.29) is 22.7 Å². The smallest absolute Gasteiger partial charge is 0.420 e. The molecule has 8 N–H and O–H groups in total. The van der Waals surface area contributed by atoms with Gasteiger partial charge in [-0.05, 0) is 120 Å². The second kappa shape index (κ2) is 18.6. The highest BCUT2D eigenvalue weighted by molar-refractivity contribution is 5.59. The van der Waals surface area contributed by atoms with Crippen LogP contribution in [0.25, 0.3) is 0 Å². The van der Waals surface area contributed by atoms with Crippen molar-refractivity contribution in [2.45, 2.75) is 61.7 Å². The Bertz CT molecular complexity index is 2620. The fraction of sp³-hybridized carbons (Fsp3) is 0.217.